The number of ether oxygens (including phenoxy) is 1. The standard InChI is InChI=1S/C29H39FN4O4/c1-22(26(36)38-4)18-29(21-35,20-31-28(2,3)19-23-10-12-24(30)13-11-23)32-27(37)34-16-14-33(15-17-34)25-8-6-5-7-9-25/h5-13,21-22,31H,14-20H2,1-4H3,(H,32,37). The predicted octanol–water partition coefficient (Wildman–Crippen LogP) is 3.41. The van der Waals surface area contributed by atoms with Gasteiger partial charge in [0, 0.05) is 44.0 Å². The maximum Gasteiger partial charge on any atom is 0.318 e. The number of para-hydroxylation sites is 1. The van der Waals surface area contributed by atoms with Crippen molar-refractivity contribution < 1.29 is 23.5 Å². The molecule has 9 heteroatoms. The molecule has 2 amide bonds. The van der Waals surface area contributed by atoms with Gasteiger partial charge in [-0.05, 0) is 56.5 Å². The minimum absolute atomic E-state index is 0.0819. The van der Waals surface area contributed by atoms with E-state index in [9.17, 15) is 18.8 Å². The zero-order valence-corrected chi connectivity index (χ0v) is 22.7. The summed E-state index contributed by atoms with van der Waals surface area (Å²) in [5.41, 5.74) is 0.228. The number of urea groups is 1. The van der Waals surface area contributed by atoms with Crippen molar-refractivity contribution in [2.45, 2.75) is 44.7 Å². The van der Waals surface area contributed by atoms with Crippen LogP contribution in [0.2, 0.25) is 0 Å². The molecule has 0 bridgehead atoms. The van der Waals surface area contributed by atoms with Crippen LogP contribution in [0, 0.1) is 11.7 Å². The Hall–Kier alpha value is -3.46. The molecule has 2 aromatic carbocycles. The number of piperazine rings is 1. The van der Waals surface area contributed by atoms with Gasteiger partial charge in [0.15, 0.2) is 0 Å². The zero-order chi connectivity index (χ0) is 27.8. The molecular formula is C29H39FN4O4. The topological polar surface area (TPSA) is 91.0 Å². The van der Waals surface area contributed by atoms with Gasteiger partial charge in [0.2, 0.25) is 0 Å². The second kappa shape index (κ2) is 12.9. The summed E-state index contributed by atoms with van der Waals surface area (Å²) in [5.74, 6) is -1.36. The first-order valence-electron chi connectivity index (χ1n) is 13.0. The fraction of sp³-hybridized carbons (Fsp3) is 0.483. The van der Waals surface area contributed by atoms with Gasteiger partial charge < -0.3 is 30.0 Å². The Morgan fingerprint density at radius 2 is 1.68 bits per heavy atom. The third-order valence-electron chi connectivity index (χ3n) is 6.99. The third kappa shape index (κ3) is 8.02. The summed E-state index contributed by atoms with van der Waals surface area (Å²) < 4.78 is 18.2. The molecule has 3 rings (SSSR count). The van der Waals surface area contributed by atoms with Crippen molar-refractivity contribution in [2.75, 3.05) is 44.7 Å². The number of esters is 1. The highest BCUT2D eigenvalue weighted by atomic mass is 19.1. The van der Waals surface area contributed by atoms with Crippen LogP contribution in [0.5, 0.6) is 0 Å². The summed E-state index contributed by atoms with van der Waals surface area (Å²) in [5, 5.41) is 6.33. The van der Waals surface area contributed by atoms with Crippen molar-refractivity contribution >= 4 is 24.0 Å². The summed E-state index contributed by atoms with van der Waals surface area (Å²) in [6.07, 6.45) is 1.37. The quantitative estimate of drug-likeness (QED) is 0.345. The van der Waals surface area contributed by atoms with Gasteiger partial charge in [-0.2, -0.15) is 0 Å². The van der Waals surface area contributed by atoms with Crippen LogP contribution in [0.25, 0.3) is 0 Å². The number of nitrogens with zero attached hydrogens (tertiary/aromatic N) is 2. The van der Waals surface area contributed by atoms with Crippen molar-refractivity contribution in [3.05, 3.63) is 66.0 Å². The number of methoxy groups -OCH3 is 1. The fourth-order valence-corrected chi connectivity index (χ4v) is 4.79. The van der Waals surface area contributed by atoms with Crippen LogP contribution < -0.4 is 15.5 Å². The van der Waals surface area contributed by atoms with Crippen LogP contribution >= 0.6 is 0 Å². The van der Waals surface area contributed by atoms with Crippen LogP contribution in [-0.4, -0.2) is 74.1 Å². The third-order valence-corrected chi connectivity index (χ3v) is 6.99. The minimum atomic E-state index is -1.33. The number of carbonyl (C=O) groups is 3. The lowest BCUT2D eigenvalue weighted by molar-refractivity contribution is -0.145. The molecule has 2 unspecified atom stereocenters. The lowest BCUT2D eigenvalue weighted by atomic mass is 9.87. The molecule has 2 atom stereocenters. The van der Waals surface area contributed by atoms with Gasteiger partial charge in [-0.1, -0.05) is 37.3 Å². The highest BCUT2D eigenvalue weighted by molar-refractivity contribution is 5.82. The van der Waals surface area contributed by atoms with Crippen molar-refractivity contribution in [1.82, 2.24) is 15.5 Å². The van der Waals surface area contributed by atoms with Gasteiger partial charge in [0.1, 0.15) is 17.6 Å². The normalized spacial score (nSPS) is 16.3. The fourth-order valence-electron chi connectivity index (χ4n) is 4.79. The molecule has 2 N–H and O–H groups in total. The van der Waals surface area contributed by atoms with E-state index in [-0.39, 0.29) is 24.8 Å². The Balaban J connectivity index is 1.69. The number of halogens is 1. The summed E-state index contributed by atoms with van der Waals surface area (Å²) in [7, 11) is 1.30. The molecule has 0 aromatic heterocycles. The molecule has 0 aliphatic carbocycles. The second-order valence-electron chi connectivity index (χ2n) is 10.7. The Labute approximate surface area is 224 Å². The summed E-state index contributed by atoms with van der Waals surface area (Å²) in [6, 6.07) is 16.0. The number of nitrogens with one attached hydrogen (secondary N) is 2. The number of hydrogen-bond donors (Lipinski definition) is 2. The van der Waals surface area contributed by atoms with Crippen molar-refractivity contribution in [3.8, 4) is 0 Å². The lowest BCUT2D eigenvalue weighted by Crippen LogP contribution is -2.63. The van der Waals surface area contributed by atoms with Gasteiger partial charge >= 0.3 is 12.0 Å². The van der Waals surface area contributed by atoms with Crippen molar-refractivity contribution in [1.29, 1.82) is 0 Å². The molecule has 38 heavy (non-hydrogen) atoms. The number of rotatable bonds is 11. The van der Waals surface area contributed by atoms with Gasteiger partial charge in [-0.25, -0.2) is 9.18 Å². The highest BCUT2D eigenvalue weighted by Gasteiger charge is 2.38. The molecule has 1 aliphatic rings. The Morgan fingerprint density at radius 3 is 2.26 bits per heavy atom. The number of aldehydes is 1. The first-order chi connectivity index (χ1) is 18.1. The molecule has 1 aliphatic heterocycles. The molecule has 1 heterocycles. The molecule has 0 spiro atoms. The molecular weight excluding hydrogens is 487 g/mol. The molecule has 206 valence electrons. The molecule has 0 radical (unpaired) electrons. The predicted molar refractivity (Wildman–Crippen MR) is 146 cm³/mol. The first-order valence-corrected chi connectivity index (χ1v) is 13.0. The van der Waals surface area contributed by atoms with E-state index in [2.05, 4.69) is 15.5 Å². The van der Waals surface area contributed by atoms with E-state index in [1.54, 1.807) is 24.0 Å². The monoisotopic (exact) mass is 526 g/mol. The maximum atomic E-state index is 13.3. The van der Waals surface area contributed by atoms with Gasteiger partial charge in [0.05, 0.1) is 13.0 Å². The molecule has 1 fully saturated rings. The Morgan fingerprint density at radius 1 is 1.05 bits per heavy atom. The Kier molecular flexibility index (Phi) is 9.85. The van der Waals surface area contributed by atoms with Crippen molar-refractivity contribution in [2.24, 2.45) is 5.92 Å². The largest absolute Gasteiger partial charge is 0.469 e. The lowest BCUT2D eigenvalue weighted by Gasteiger charge is -2.40. The summed E-state index contributed by atoms with van der Waals surface area (Å²) >= 11 is 0. The molecule has 8 nitrogen and oxygen atoms in total. The highest BCUT2D eigenvalue weighted by Crippen LogP contribution is 2.21. The summed E-state index contributed by atoms with van der Waals surface area (Å²) in [6.45, 7) is 8.10. The van der Waals surface area contributed by atoms with Crippen LogP contribution in [0.15, 0.2) is 54.6 Å². The number of amides is 2. The van der Waals surface area contributed by atoms with Crippen LogP contribution in [0.3, 0.4) is 0 Å². The number of anilines is 1. The Bertz CT molecular complexity index is 1070. The number of hydrogen-bond acceptors (Lipinski definition) is 6. The molecule has 0 saturated carbocycles. The molecule has 1 saturated heterocycles. The van der Waals surface area contributed by atoms with Crippen molar-refractivity contribution in [3.63, 3.8) is 0 Å². The van der Waals surface area contributed by atoms with E-state index in [1.165, 1.54) is 19.2 Å². The first kappa shape index (κ1) is 29.1. The van der Waals surface area contributed by atoms with E-state index in [0.717, 1.165) is 11.3 Å². The average molecular weight is 527 g/mol. The SMILES string of the molecule is COC(=O)C(C)CC(C=O)(CNC(C)(C)Cc1ccc(F)cc1)NC(=O)N1CCN(c2ccccc2)CC1. The van der Waals surface area contributed by atoms with E-state index in [4.69, 9.17) is 4.74 Å². The van der Waals surface area contributed by atoms with E-state index < -0.39 is 23.0 Å². The number of benzene rings is 2. The van der Waals surface area contributed by atoms with Crippen LogP contribution in [-0.2, 0) is 20.7 Å². The van der Waals surface area contributed by atoms with Gasteiger partial charge in [-0.15, -0.1) is 0 Å². The van der Waals surface area contributed by atoms with Gasteiger partial charge in [0.25, 0.3) is 0 Å². The molecule has 2 aromatic rings. The van der Waals surface area contributed by atoms with Crippen LogP contribution in [0.1, 0.15) is 32.8 Å². The minimum Gasteiger partial charge on any atom is -0.469 e. The average Bonchev–Trinajstić information content (AvgIpc) is 2.93. The number of carbonyl (C=O) groups excluding carboxylic acids is 3. The smallest absolute Gasteiger partial charge is 0.318 e. The summed E-state index contributed by atoms with van der Waals surface area (Å²) in [4.78, 5) is 42.0. The van der Waals surface area contributed by atoms with Gasteiger partial charge in [-0.3, -0.25) is 4.79 Å². The zero-order valence-electron chi connectivity index (χ0n) is 22.7. The van der Waals surface area contributed by atoms with Crippen LogP contribution in [0.4, 0.5) is 14.9 Å². The maximum absolute atomic E-state index is 13.3. The van der Waals surface area contributed by atoms with E-state index in [1.807, 2.05) is 44.2 Å². The van der Waals surface area contributed by atoms with E-state index in [0.29, 0.717) is 38.9 Å². The second-order valence-corrected chi connectivity index (χ2v) is 10.7. The van der Waals surface area contributed by atoms with E-state index >= 15 is 0 Å².